The highest BCUT2D eigenvalue weighted by molar-refractivity contribution is 6.76. The molecule has 3 heteroatoms. The normalized spacial score (nSPS) is 18.9. The van der Waals surface area contributed by atoms with Crippen LogP contribution < -0.4 is 0 Å². The summed E-state index contributed by atoms with van der Waals surface area (Å²) in [5, 5.41) is 9.82. The number of phenolic OH excluding ortho intramolecular Hbond substituents is 1. The molecule has 1 aromatic rings. The minimum Gasteiger partial charge on any atom is -0.507 e. The molecule has 0 saturated heterocycles. The molecular formula is C20H28O2Si. The van der Waals surface area contributed by atoms with E-state index in [-0.39, 0.29) is 0 Å². The standard InChI is InChI=1S/C20H28O2Si/c1-16(2)18-11-9-17(10-12-18)15-22-23(3,4)14-13-19-7-5-6-8-20(19)21/h5-9,13-14,18,21H,1,10-12,15H2,2-4H3/b14-13+/t18-/m1/s1. The molecule has 0 spiro atoms. The number of phenols is 1. The van der Waals surface area contributed by atoms with Crippen LogP contribution >= 0.6 is 0 Å². The van der Waals surface area contributed by atoms with E-state index in [1.165, 1.54) is 17.6 Å². The molecule has 0 heterocycles. The van der Waals surface area contributed by atoms with Crippen LogP contribution in [-0.2, 0) is 4.43 Å². The number of para-hydroxylation sites is 1. The Labute approximate surface area is 141 Å². The van der Waals surface area contributed by atoms with E-state index in [0.29, 0.717) is 11.7 Å². The highest BCUT2D eigenvalue weighted by atomic mass is 28.4. The molecule has 1 aliphatic carbocycles. The smallest absolute Gasteiger partial charge is 0.211 e. The van der Waals surface area contributed by atoms with Gasteiger partial charge in [-0.3, -0.25) is 0 Å². The van der Waals surface area contributed by atoms with Gasteiger partial charge < -0.3 is 9.53 Å². The summed E-state index contributed by atoms with van der Waals surface area (Å²) >= 11 is 0. The van der Waals surface area contributed by atoms with Crippen molar-refractivity contribution in [2.24, 2.45) is 5.92 Å². The predicted molar refractivity (Wildman–Crippen MR) is 101 cm³/mol. The highest BCUT2D eigenvalue weighted by Crippen LogP contribution is 2.28. The van der Waals surface area contributed by atoms with Crippen LogP contribution in [0.25, 0.3) is 6.08 Å². The summed E-state index contributed by atoms with van der Waals surface area (Å²) in [5.74, 6) is 0.958. The molecule has 0 aliphatic heterocycles. The highest BCUT2D eigenvalue weighted by Gasteiger charge is 2.21. The molecule has 1 atom stereocenters. The zero-order chi connectivity index (χ0) is 16.9. The second-order valence-electron chi connectivity index (χ2n) is 6.96. The first-order chi connectivity index (χ1) is 10.9. The zero-order valence-corrected chi connectivity index (χ0v) is 15.5. The molecule has 0 saturated carbocycles. The first-order valence-electron chi connectivity index (χ1n) is 8.32. The number of hydrogen-bond acceptors (Lipinski definition) is 2. The molecule has 23 heavy (non-hydrogen) atoms. The number of hydrogen-bond donors (Lipinski definition) is 1. The summed E-state index contributed by atoms with van der Waals surface area (Å²) in [5.41, 5.74) is 5.70. The lowest BCUT2D eigenvalue weighted by Crippen LogP contribution is -2.29. The van der Waals surface area contributed by atoms with Crippen LogP contribution in [0.3, 0.4) is 0 Å². The van der Waals surface area contributed by atoms with Crippen LogP contribution in [0.4, 0.5) is 0 Å². The molecule has 0 fully saturated rings. The lowest BCUT2D eigenvalue weighted by molar-refractivity contribution is 0.337. The van der Waals surface area contributed by atoms with E-state index >= 15 is 0 Å². The molecule has 2 nitrogen and oxygen atoms in total. The average Bonchev–Trinajstić information content (AvgIpc) is 2.53. The summed E-state index contributed by atoms with van der Waals surface area (Å²) in [7, 11) is -1.88. The topological polar surface area (TPSA) is 29.5 Å². The van der Waals surface area contributed by atoms with E-state index in [0.717, 1.165) is 25.0 Å². The van der Waals surface area contributed by atoms with Crippen molar-refractivity contribution < 1.29 is 9.53 Å². The van der Waals surface area contributed by atoms with E-state index in [2.05, 4.69) is 38.4 Å². The Morgan fingerprint density at radius 1 is 1.39 bits per heavy atom. The first kappa shape index (κ1) is 17.8. The quantitative estimate of drug-likeness (QED) is 0.554. The molecule has 0 unspecified atom stereocenters. The van der Waals surface area contributed by atoms with Crippen LogP contribution in [0.15, 0.2) is 53.8 Å². The summed E-state index contributed by atoms with van der Waals surface area (Å²) in [6, 6.07) is 7.39. The summed E-state index contributed by atoms with van der Waals surface area (Å²) in [6.07, 6.45) is 7.73. The van der Waals surface area contributed by atoms with Gasteiger partial charge in [0.25, 0.3) is 0 Å². The number of benzene rings is 1. The Balaban J connectivity index is 1.89. The Bertz CT molecular complexity index is 614. The van der Waals surface area contributed by atoms with Crippen LogP contribution in [0, 0.1) is 5.92 Å². The van der Waals surface area contributed by atoms with Gasteiger partial charge in [-0.15, -0.1) is 0 Å². The van der Waals surface area contributed by atoms with Crippen LogP contribution in [0.5, 0.6) is 5.75 Å². The van der Waals surface area contributed by atoms with Crippen molar-refractivity contribution in [2.45, 2.75) is 39.3 Å². The van der Waals surface area contributed by atoms with Crippen molar-refractivity contribution in [2.75, 3.05) is 6.61 Å². The van der Waals surface area contributed by atoms with Crippen molar-refractivity contribution in [3.05, 3.63) is 59.3 Å². The first-order valence-corrected chi connectivity index (χ1v) is 11.3. The van der Waals surface area contributed by atoms with E-state index in [4.69, 9.17) is 4.43 Å². The minimum absolute atomic E-state index is 0.314. The van der Waals surface area contributed by atoms with Crippen molar-refractivity contribution >= 4 is 14.4 Å². The Hall–Kier alpha value is -1.58. The van der Waals surface area contributed by atoms with E-state index in [1.807, 2.05) is 24.3 Å². The van der Waals surface area contributed by atoms with Gasteiger partial charge in [-0.1, -0.05) is 48.2 Å². The maximum atomic E-state index is 9.82. The number of rotatable bonds is 6. The van der Waals surface area contributed by atoms with Gasteiger partial charge in [0, 0.05) is 5.56 Å². The molecule has 0 bridgehead atoms. The number of aromatic hydroxyl groups is 1. The van der Waals surface area contributed by atoms with Gasteiger partial charge in [0.1, 0.15) is 5.75 Å². The van der Waals surface area contributed by atoms with E-state index in [9.17, 15) is 5.11 Å². The fourth-order valence-electron chi connectivity index (χ4n) is 2.71. The fourth-order valence-corrected chi connectivity index (χ4v) is 3.95. The Morgan fingerprint density at radius 2 is 2.13 bits per heavy atom. The molecule has 124 valence electrons. The third kappa shape index (κ3) is 5.52. The Kier molecular flexibility index (Phi) is 6.02. The molecule has 0 amide bonds. The third-order valence-electron chi connectivity index (χ3n) is 4.43. The van der Waals surface area contributed by atoms with Gasteiger partial charge in [0.2, 0.25) is 8.32 Å². The monoisotopic (exact) mass is 328 g/mol. The van der Waals surface area contributed by atoms with E-state index in [1.54, 1.807) is 6.07 Å². The fraction of sp³-hybridized carbons (Fsp3) is 0.400. The largest absolute Gasteiger partial charge is 0.507 e. The second kappa shape index (κ2) is 7.80. The molecule has 1 aliphatic rings. The predicted octanol–water partition coefficient (Wildman–Crippen LogP) is 5.47. The van der Waals surface area contributed by atoms with Crippen LogP contribution in [-0.4, -0.2) is 20.0 Å². The third-order valence-corrected chi connectivity index (χ3v) is 6.29. The van der Waals surface area contributed by atoms with Gasteiger partial charge in [0.05, 0.1) is 6.61 Å². The zero-order valence-electron chi connectivity index (χ0n) is 14.5. The Morgan fingerprint density at radius 3 is 2.74 bits per heavy atom. The molecular weight excluding hydrogens is 300 g/mol. The molecule has 0 radical (unpaired) electrons. The lowest BCUT2D eigenvalue weighted by Gasteiger charge is -2.25. The summed E-state index contributed by atoms with van der Waals surface area (Å²) in [4.78, 5) is 0. The van der Waals surface area contributed by atoms with Crippen molar-refractivity contribution in [1.29, 1.82) is 0 Å². The molecule has 0 aromatic heterocycles. The summed E-state index contributed by atoms with van der Waals surface area (Å²) < 4.78 is 6.21. The van der Waals surface area contributed by atoms with Gasteiger partial charge in [0.15, 0.2) is 0 Å². The minimum atomic E-state index is -1.88. The van der Waals surface area contributed by atoms with Gasteiger partial charge >= 0.3 is 0 Å². The van der Waals surface area contributed by atoms with E-state index < -0.39 is 8.32 Å². The van der Waals surface area contributed by atoms with Crippen molar-refractivity contribution in [3.8, 4) is 5.75 Å². The molecule has 2 rings (SSSR count). The number of allylic oxidation sites excluding steroid dienone is 2. The van der Waals surface area contributed by atoms with Gasteiger partial charge in [-0.05, 0) is 56.8 Å². The summed E-state index contributed by atoms with van der Waals surface area (Å²) in [6.45, 7) is 11.3. The maximum Gasteiger partial charge on any atom is 0.211 e. The van der Waals surface area contributed by atoms with Crippen LogP contribution in [0.2, 0.25) is 13.1 Å². The second-order valence-corrected chi connectivity index (χ2v) is 10.8. The van der Waals surface area contributed by atoms with Crippen LogP contribution in [0.1, 0.15) is 31.7 Å². The molecule has 1 N–H and O–H groups in total. The maximum absolute atomic E-state index is 9.82. The van der Waals surface area contributed by atoms with Gasteiger partial charge in [-0.2, -0.15) is 0 Å². The SMILES string of the molecule is C=C(C)[C@@H]1CC=C(CO[Si](C)(C)/C=C/c2ccccc2O)CC1. The van der Waals surface area contributed by atoms with Crippen molar-refractivity contribution in [3.63, 3.8) is 0 Å². The average molecular weight is 329 g/mol. The van der Waals surface area contributed by atoms with Gasteiger partial charge in [-0.25, -0.2) is 0 Å². The lowest BCUT2D eigenvalue weighted by atomic mass is 9.86. The molecule has 1 aromatic carbocycles. The van der Waals surface area contributed by atoms with Crippen molar-refractivity contribution in [1.82, 2.24) is 0 Å².